The number of anilines is 1. The van der Waals surface area contributed by atoms with Gasteiger partial charge in [-0.15, -0.1) is 0 Å². The molecule has 0 saturated heterocycles. The molecule has 29 heavy (non-hydrogen) atoms. The van der Waals surface area contributed by atoms with Gasteiger partial charge in [-0.3, -0.25) is 9.10 Å². The number of benzene rings is 3. The smallest absolute Gasteiger partial charge is 0.265 e. The lowest BCUT2D eigenvalue weighted by atomic mass is 10.1. The first-order chi connectivity index (χ1) is 13.9. The summed E-state index contributed by atoms with van der Waals surface area (Å²) in [5.41, 5.74) is 3.32. The Kier molecular flexibility index (Phi) is 4.59. The maximum absolute atomic E-state index is 12.9. The number of phenols is 1. The van der Waals surface area contributed by atoms with Gasteiger partial charge in [-0.05, 0) is 41.3 Å². The number of phenolic OH excluding ortho intramolecular Hbond substituents is 1. The summed E-state index contributed by atoms with van der Waals surface area (Å²) in [6.07, 6.45) is 1.34. The lowest BCUT2D eigenvalue weighted by molar-refractivity contribution is -0.119. The predicted molar refractivity (Wildman–Crippen MR) is 109 cm³/mol. The molecule has 0 atom stereocenters. The van der Waals surface area contributed by atoms with E-state index in [2.05, 4.69) is 10.5 Å². The molecular weight excluding hydrogens is 394 g/mol. The second-order valence-corrected chi connectivity index (χ2v) is 8.20. The van der Waals surface area contributed by atoms with Crippen molar-refractivity contribution in [3.63, 3.8) is 0 Å². The number of nitrogens with zero attached hydrogens (tertiary/aromatic N) is 2. The Morgan fingerprint density at radius 2 is 1.97 bits per heavy atom. The molecule has 0 aliphatic carbocycles. The zero-order valence-electron chi connectivity index (χ0n) is 15.4. The minimum Gasteiger partial charge on any atom is -0.504 e. The zero-order valence-corrected chi connectivity index (χ0v) is 16.2. The maximum atomic E-state index is 12.9. The number of nitrogens with one attached hydrogen (secondary N) is 1. The van der Waals surface area contributed by atoms with Crippen molar-refractivity contribution in [2.75, 3.05) is 18.0 Å². The average molecular weight is 411 g/mol. The van der Waals surface area contributed by atoms with Crippen molar-refractivity contribution in [2.45, 2.75) is 4.90 Å². The third-order valence-corrected chi connectivity index (χ3v) is 6.38. The molecule has 8 nitrogen and oxygen atoms in total. The third-order valence-electron chi connectivity index (χ3n) is 4.57. The lowest BCUT2D eigenvalue weighted by Gasteiger charge is -2.17. The van der Waals surface area contributed by atoms with E-state index in [9.17, 15) is 18.3 Å². The van der Waals surface area contributed by atoms with E-state index >= 15 is 0 Å². The summed E-state index contributed by atoms with van der Waals surface area (Å²) in [6, 6.07) is 14.9. The molecule has 4 rings (SSSR count). The largest absolute Gasteiger partial charge is 0.504 e. The van der Waals surface area contributed by atoms with Crippen LogP contribution in [0.25, 0.3) is 10.8 Å². The summed E-state index contributed by atoms with van der Waals surface area (Å²) in [5, 5.41) is 15.0. The van der Waals surface area contributed by atoms with E-state index in [1.807, 2.05) is 12.1 Å². The van der Waals surface area contributed by atoms with E-state index in [0.717, 1.165) is 9.69 Å². The summed E-state index contributed by atoms with van der Waals surface area (Å²) < 4.78 is 31.8. The molecule has 0 fully saturated rings. The average Bonchev–Trinajstić information content (AvgIpc) is 2.91. The van der Waals surface area contributed by atoms with Gasteiger partial charge in [-0.1, -0.05) is 24.3 Å². The van der Waals surface area contributed by atoms with Crippen molar-refractivity contribution in [1.82, 2.24) is 5.43 Å². The molecule has 0 aromatic heterocycles. The topological polar surface area (TPSA) is 108 Å². The van der Waals surface area contributed by atoms with Gasteiger partial charge >= 0.3 is 0 Å². The third kappa shape index (κ3) is 3.25. The molecule has 0 bridgehead atoms. The van der Waals surface area contributed by atoms with Gasteiger partial charge in [0.1, 0.15) is 6.54 Å². The van der Waals surface area contributed by atoms with E-state index in [-0.39, 0.29) is 10.6 Å². The van der Waals surface area contributed by atoms with Crippen LogP contribution < -0.4 is 14.5 Å². The Hall–Kier alpha value is -3.59. The molecule has 2 N–H and O–H groups in total. The molecule has 0 radical (unpaired) electrons. The van der Waals surface area contributed by atoms with Crippen molar-refractivity contribution in [2.24, 2.45) is 5.10 Å². The Morgan fingerprint density at radius 1 is 1.21 bits per heavy atom. The summed E-state index contributed by atoms with van der Waals surface area (Å²) >= 11 is 0. The molecule has 1 aliphatic rings. The number of sulfonamides is 1. The number of methoxy groups -OCH3 is 1. The van der Waals surface area contributed by atoms with Gasteiger partial charge < -0.3 is 9.84 Å². The summed E-state index contributed by atoms with van der Waals surface area (Å²) in [5.74, 6) is -0.330. The van der Waals surface area contributed by atoms with Gasteiger partial charge in [0, 0.05) is 5.39 Å². The normalized spacial score (nSPS) is 14.4. The van der Waals surface area contributed by atoms with Gasteiger partial charge in [-0.25, -0.2) is 13.8 Å². The van der Waals surface area contributed by atoms with Gasteiger partial charge in [-0.2, -0.15) is 5.10 Å². The standard InChI is InChI=1S/C20H17N3O5S/c1-28-17-9-8-13(10-16(17)24)11-21-22-19(25)12-23-15-6-2-4-14-5-3-7-18(20(14)15)29(23,26)27/h2-11,24H,12H2,1H3,(H,22,25)/b21-11-. The Bertz CT molecular complexity index is 1250. The van der Waals surface area contributed by atoms with E-state index in [1.165, 1.54) is 25.5 Å². The van der Waals surface area contributed by atoms with Crippen LogP contribution in [-0.2, 0) is 14.8 Å². The fourth-order valence-electron chi connectivity index (χ4n) is 3.26. The summed E-state index contributed by atoms with van der Waals surface area (Å²) in [4.78, 5) is 12.5. The highest BCUT2D eigenvalue weighted by Gasteiger charge is 2.36. The molecule has 0 saturated carbocycles. The fourth-order valence-corrected chi connectivity index (χ4v) is 4.93. The van der Waals surface area contributed by atoms with Crippen LogP contribution >= 0.6 is 0 Å². The highest BCUT2D eigenvalue weighted by molar-refractivity contribution is 7.93. The van der Waals surface area contributed by atoms with Crippen LogP contribution in [0.5, 0.6) is 11.5 Å². The van der Waals surface area contributed by atoms with Crippen LogP contribution in [-0.4, -0.2) is 39.3 Å². The van der Waals surface area contributed by atoms with Crippen LogP contribution in [0.1, 0.15) is 5.56 Å². The van der Waals surface area contributed by atoms with Crippen LogP contribution in [0.4, 0.5) is 5.69 Å². The van der Waals surface area contributed by atoms with Crippen molar-refractivity contribution in [3.05, 3.63) is 60.2 Å². The quantitative estimate of drug-likeness (QED) is 0.494. The number of hydrogen-bond donors (Lipinski definition) is 2. The molecule has 1 heterocycles. The number of aromatic hydroxyl groups is 1. The molecule has 0 spiro atoms. The van der Waals surface area contributed by atoms with Crippen LogP contribution in [0.3, 0.4) is 0 Å². The summed E-state index contributed by atoms with van der Waals surface area (Å²) in [6.45, 7) is -0.401. The minimum atomic E-state index is -3.81. The molecule has 0 unspecified atom stereocenters. The molecule has 1 amide bonds. The highest BCUT2D eigenvalue weighted by Crippen LogP contribution is 2.41. The zero-order chi connectivity index (χ0) is 20.6. The predicted octanol–water partition coefficient (Wildman–Crippen LogP) is 2.21. The van der Waals surface area contributed by atoms with Gasteiger partial charge in [0.05, 0.1) is 23.9 Å². The Morgan fingerprint density at radius 3 is 2.69 bits per heavy atom. The number of ether oxygens (including phenoxy) is 1. The Labute approximate surface area is 167 Å². The maximum Gasteiger partial charge on any atom is 0.265 e. The lowest BCUT2D eigenvalue weighted by Crippen LogP contribution is -2.37. The highest BCUT2D eigenvalue weighted by atomic mass is 32.2. The number of hydrazone groups is 1. The number of carbonyl (C=O) groups excluding carboxylic acids is 1. The van der Waals surface area contributed by atoms with E-state index in [1.54, 1.807) is 30.3 Å². The van der Waals surface area contributed by atoms with Crippen LogP contribution in [0.2, 0.25) is 0 Å². The first-order valence-corrected chi connectivity index (χ1v) is 10.1. The molecule has 1 aliphatic heterocycles. The monoisotopic (exact) mass is 411 g/mol. The van der Waals surface area contributed by atoms with E-state index in [0.29, 0.717) is 22.4 Å². The van der Waals surface area contributed by atoms with Crippen molar-refractivity contribution >= 4 is 38.6 Å². The fraction of sp³-hybridized carbons (Fsp3) is 0.100. The van der Waals surface area contributed by atoms with Gasteiger partial charge in [0.15, 0.2) is 11.5 Å². The summed E-state index contributed by atoms with van der Waals surface area (Å²) in [7, 11) is -2.37. The number of rotatable bonds is 5. The van der Waals surface area contributed by atoms with Crippen molar-refractivity contribution in [1.29, 1.82) is 0 Å². The second kappa shape index (κ2) is 7.10. The van der Waals surface area contributed by atoms with Crippen LogP contribution in [0, 0.1) is 0 Å². The Balaban J connectivity index is 1.51. The molecule has 148 valence electrons. The van der Waals surface area contributed by atoms with Gasteiger partial charge in [0.2, 0.25) is 0 Å². The molecular formula is C20H17N3O5S. The SMILES string of the molecule is COc1ccc(/C=N\NC(=O)CN2c3cccc4cccc(c34)S2(=O)=O)cc1O. The second-order valence-electron chi connectivity index (χ2n) is 6.37. The molecule has 3 aromatic carbocycles. The molecule has 9 heteroatoms. The minimum absolute atomic E-state index is 0.0585. The van der Waals surface area contributed by atoms with E-state index in [4.69, 9.17) is 4.74 Å². The first kappa shape index (κ1) is 18.8. The number of carbonyl (C=O) groups is 1. The number of hydrogen-bond acceptors (Lipinski definition) is 6. The number of amides is 1. The van der Waals surface area contributed by atoms with Crippen molar-refractivity contribution < 1.29 is 23.1 Å². The van der Waals surface area contributed by atoms with E-state index < -0.39 is 22.5 Å². The first-order valence-electron chi connectivity index (χ1n) is 8.65. The van der Waals surface area contributed by atoms with Gasteiger partial charge in [0.25, 0.3) is 15.9 Å². The molecule has 3 aromatic rings. The van der Waals surface area contributed by atoms with Crippen molar-refractivity contribution in [3.8, 4) is 11.5 Å². The van der Waals surface area contributed by atoms with Crippen LogP contribution in [0.15, 0.2) is 64.6 Å².